The van der Waals surface area contributed by atoms with E-state index in [0.29, 0.717) is 17.3 Å². The second-order valence-corrected chi connectivity index (χ2v) is 4.96. The van der Waals surface area contributed by atoms with Crippen molar-refractivity contribution in [3.05, 3.63) is 23.8 Å². The highest BCUT2D eigenvalue weighted by Crippen LogP contribution is 2.25. The van der Waals surface area contributed by atoms with Crippen LogP contribution in [-0.2, 0) is 0 Å². The zero-order chi connectivity index (χ0) is 13.0. The van der Waals surface area contributed by atoms with Gasteiger partial charge >= 0.3 is 0 Å². The molecule has 0 fully saturated rings. The van der Waals surface area contributed by atoms with E-state index in [2.05, 4.69) is 18.1 Å². The maximum absolute atomic E-state index is 11.0. The van der Waals surface area contributed by atoms with E-state index < -0.39 is 5.91 Å². The Hall–Kier alpha value is -1.36. The first-order valence-corrected chi connectivity index (χ1v) is 6.77. The number of rotatable bonds is 5. The SMILES string of the molecule is CSCC(C)N(C)c1ccc(C(N)=O)cc1N. The van der Waals surface area contributed by atoms with Crippen molar-refractivity contribution in [2.24, 2.45) is 5.73 Å². The summed E-state index contributed by atoms with van der Waals surface area (Å²) in [5.41, 5.74) is 13.1. The number of nitrogens with two attached hydrogens (primary N) is 2. The van der Waals surface area contributed by atoms with Gasteiger partial charge in [0.2, 0.25) is 5.91 Å². The molecule has 0 aliphatic rings. The molecule has 17 heavy (non-hydrogen) atoms. The molecule has 0 heterocycles. The normalized spacial score (nSPS) is 12.2. The topological polar surface area (TPSA) is 72.3 Å². The fourth-order valence-electron chi connectivity index (χ4n) is 1.62. The van der Waals surface area contributed by atoms with Crippen LogP contribution in [0.25, 0.3) is 0 Å². The molecule has 0 spiro atoms. The van der Waals surface area contributed by atoms with E-state index in [0.717, 1.165) is 11.4 Å². The average molecular weight is 253 g/mol. The van der Waals surface area contributed by atoms with Gasteiger partial charge in [0, 0.05) is 24.4 Å². The summed E-state index contributed by atoms with van der Waals surface area (Å²) in [6, 6.07) is 5.55. The lowest BCUT2D eigenvalue weighted by Crippen LogP contribution is -2.31. The zero-order valence-electron chi connectivity index (χ0n) is 10.4. The second kappa shape index (κ2) is 5.82. The van der Waals surface area contributed by atoms with Crippen molar-refractivity contribution < 1.29 is 4.79 Å². The Morgan fingerprint density at radius 3 is 2.65 bits per heavy atom. The molecular weight excluding hydrogens is 234 g/mol. The first kappa shape index (κ1) is 13.7. The van der Waals surface area contributed by atoms with Crippen molar-refractivity contribution in [2.75, 3.05) is 29.7 Å². The maximum Gasteiger partial charge on any atom is 0.248 e. The Morgan fingerprint density at radius 2 is 2.18 bits per heavy atom. The molecule has 1 amide bonds. The summed E-state index contributed by atoms with van der Waals surface area (Å²) < 4.78 is 0. The third-order valence-electron chi connectivity index (χ3n) is 2.76. The Balaban J connectivity index is 2.95. The first-order valence-electron chi connectivity index (χ1n) is 5.38. The number of carbonyl (C=O) groups is 1. The first-order chi connectivity index (χ1) is 7.97. The van der Waals surface area contributed by atoms with Crippen molar-refractivity contribution in [1.82, 2.24) is 0 Å². The number of carbonyl (C=O) groups excluding carboxylic acids is 1. The highest BCUT2D eigenvalue weighted by molar-refractivity contribution is 7.98. The summed E-state index contributed by atoms with van der Waals surface area (Å²) in [5, 5.41) is 0. The van der Waals surface area contributed by atoms with Gasteiger partial charge in [-0.1, -0.05) is 0 Å². The number of anilines is 2. The van der Waals surface area contributed by atoms with Gasteiger partial charge < -0.3 is 16.4 Å². The average Bonchev–Trinajstić information content (AvgIpc) is 2.28. The third-order valence-corrected chi connectivity index (χ3v) is 3.58. The smallest absolute Gasteiger partial charge is 0.248 e. The molecule has 0 aliphatic carbocycles. The summed E-state index contributed by atoms with van der Waals surface area (Å²) in [6.07, 6.45) is 2.07. The molecule has 1 aromatic carbocycles. The third kappa shape index (κ3) is 3.30. The van der Waals surface area contributed by atoms with Gasteiger partial charge in [-0.15, -0.1) is 0 Å². The number of nitrogen functional groups attached to an aromatic ring is 1. The van der Waals surface area contributed by atoms with E-state index in [1.807, 2.05) is 13.1 Å². The molecule has 1 atom stereocenters. The minimum atomic E-state index is -0.455. The van der Waals surface area contributed by atoms with Crippen molar-refractivity contribution in [1.29, 1.82) is 0 Å². The summed E-state index contributed by atoms with van der Waals surface area (Å²) in [6.45, 7) is 2.14. The number of nitrogens with zero attached hydrogens (tertiary/aromatic N) is 1. The molecule has 0 radical (unpaired) electrons. The van der Waals surface area contributed by atoms with Crippen molar-refractivity contribution in [3.8, 4) is 0 Å². The largest absolute Gasteiger partial charge is 0.397 e. The highest BCUT2D eigenvalue weighted by atomic mass is 32.2. The number of benzene rings is 1. The van der Waals surface area contributed by atoms with Gasteiger partial charge in [0.05, 0.1) is 11.4 Å². The van der Waals surface area contributed by atoms with Crippen LogP contribution in [-0.4, -0.2) is 31.0 Å². The predicted molar refractivity (Wildman–Crippen MR) is 75.6 cm³/mol. The van der Waals surface area contributed by atoms with Crippen molar-refractivity contribution in [3.63, 3.8) is 0 Å². The fourth-order valence-corrected chi connectivity index (χ4v) is 2.33. The van der Waals surface area contributed by atoms with Gasteiger partial charge in [0.1, 0.15) is 0 Å². The molecule has 5 heteroatoms. The van der Waals surface area contributed by atoms with Crippen LogP contribution < -0.4 is 16.4 Å². The van der Waals surface area contributed by atoms with Gasteiger partial charge in [-0.05, 0) is 31.4 Å². The monoisotopic (exact) mass is 253 g/mol. The lowest BCUT2D eigenvalue weighted by molar-refractivity contribution is 0.100. The minimum Gasteiger partial charge on any atom is -0.397 e. The predicted octanol–water partition coefficient (Wildman–Crippen LogP) is 1.56. The van der Waals surface area contributed by atoms with Crippen LogP contribution in [0.5, 0.6) is 0 Å². The molecule has 1 rings (SSSR count). The lowest BCUT2D eigenvalue weighted by atomic mass is 10.1. The number of primary amides is 1. The highest BCUT2D eigenvalue weighted by Gasteiger charge is 2.13. The van der Waals surface area contributed by atoms with Gasteiger partial charge in [-0.3, -0.25) is 4.79 Å². The van der Waals surface area contributed by atoms with Gasteiger partial charge in [-0.2, -0.15) is 11.8 Å². The van der Waals surface area contributed by atoms with Crippen LogP contribution in [0.3, 0.4) is 0 Å². The molecule has 0 aliphatic heterocycles. The van der Waals surface area contributed by atoms with Crippen LogP contribution in [0.2, 0.25) is 0 Å². The van der Waals surface area contributed by atoms with Crippen LogP contribution in [0, 0.1) is 0 Å². The standard InChI is InChI=1S/C12H19N3OS/c1-8(7-17-3)15(2)11-5-4-9(12(14)16)6-10(11)13/h4-6,8H,7,13H2,1-3H3,(H2,14,16). The number of hydrogen-bond acceptors (Lipinski definition) is 4. The minimum absolute atomic E-state index is 0.381. The lowest BCUT2D eigenvalue weighted by Gasteiger charge is -2.27. The van der Waals surface area contributed by atoms with Crippen LogP contribution in [0.1, 0.15) is 17.3 Å². The van der Waals surface area contributed by atoms with Crippen LogP contribution in [0.4, 0.5) is 11.4 Å². The van der Waals surface area contributed by atoms with Gasteiger partial charge in [-0.25, -0.2) is 0 Å². The number of thioether (sulfide) groups is 1. The molecule has 4 N–H and O–H groups in total. The van der Waals surface area contributed by atoms with E-state index in [9.17, 15) is 4.79 Å². The molecule has 1 aromatic rings. The molecule has 0 aromatic heterocycles. The fraction of sp³-hybridized carbons (Fsp3) is 0.417. The Bertz CT molecular complexity index is 409. The van der Waals surface area contributed by atoms with Crippen molar-refractivity contribution in [2.45, 2.75) is 13.0 Å². The summed E-state index contributed by atoms with van der Waals surface area (Å²) in [4.78, 5) is 13.1. The Morgan fingerprint density at radius 1 is 1.53 bits per heavy atom. The summed E-state index contributed by atoms with van der Waals surface area (Å²) >= 11 is 1.79. The van der Waals surface area contributed by atoms with Gasteiger partial charge in [0.25, 0.3) is 0 Å². The molecular formula is C12H19N3OS. The van der Waals surface area contributed by atoms with Crippen molar-refractivity contribution >= 4 is 29.0 Å². The van der Waals surface area contributed by atoms with E-state index in [4.69, 9.17) is 11.5 Å². The molecule has 94 valence electrons. The second-order valence-electron chi connectivity index (χ2n) is 4.05. The number of amides is 1. The molecule has 1 unspecified atom stereocenters. The molecule has 0 saturated heterocycles. The van der Waals surface area contributed by atoms with E-state index in [1.165, 1.54) is 0 Å². The molecule has 0 saturated carbocycles. The molecule has 4 nitrogen and oxygen atoms in total. The Labute approximate surface area is 106 Å². The number of hydrogen-bond donors (Lipinski definition) is 2. The maximum atomic E-state index is 11.0. The summed E-state index contributed by atoms with van der Waals surface area (Å²) in [7, 11) is 2.00. The van der Waals surface area contributed by atoms with Crippen LogP contribution in [0.15, 0.2) is 18.2 Å². The Kier molecular flexibility index (Phi) is 4.69. The molecule has 0 bridgehead atoms. The van der Waals surface area contributed by atoms with Crippen LogP contribution >= 0.6 is 11.8 Å². The van der Waals surface area contributed by atoms with E-state index in [1.54, 1.807) is 23.9 Å². The quantitative estimate of drug-likeness (QED) is 0.781. The zero-order valence-corrected chi connectivity index (χ0v) is 11.3. The van der Waals surface area contributed by atoms with E-state index in [-0.39, 0.29) is 0 Å². The van der Waals surface area contributed by atoms with Gasteiger partial charge in [0.15, 0.2) is 0 Å². The summed E-state index contributed by atoms with van der Waals surface area (Å²) in [5.74, 6) is 0.566. The van der Waals surface area contributed by atoms with E-state index >= 15 is 0 Å².